The predicted octanol–water partition coefficient (Wildman–Crippen LogP) is 4.67. The van der Waals surface area contributed by atoms with E-state index in [9.17, 15) is 9.59 Å². The van der Waals surface area contributed by atoms with Gasteiger partial charge in [0, 0.05) is 21.7 Å². The van der Waals surface area contributed by atoms with Crippen molar-refractivity contribution < 1.29 is 14.3 Å². The third-order valence-corrected chi connectivity index (χ3v) is 4.81. The van der Waals surface area contributed by atoms with Crippen LogP contribution in [0.25, 0.3) is 0 Å². The van der Waals surface area contributed by atoms with Crippen molar-refractivity contribution in [1.82, 2.24) is 0 Å². The maximum Gasteiger partial charge on any atom is 0.255 e. The normalized spacial score (nSPS) is 13.6. The molecule has 2 amide bonds. The summed E-state index contributed by atoms with van der Waals surface area (Å²) in [7, 11) is 0. The second-order valence-electron chi connectivity index (χ2n) is 7.66. The van der Waals surface area contributed by atoms with Gasteiger partial charge < -0.3 is 15.0 Å². The van der Waals surface area contributed by atoms with Crippen molar-refractivity contribution in [3.63, 3.8) is 0 Å². The fraction of sp³-hybridized carbons (Fsp3) is 0.333. The minimum atomic E-state index is -0.507. The minimum absolute atomic E-state index is 0.0147. The topological polar surface area (TPSA) is 58.6 Å². The van der Waals surface area contributed by atoms with Gasteiger partial charge in [-0.05, 0) is 42.8 Å². The van der Waals surface area contributed by atoms with Crippen molar-refractivity contribution in [2.45, 2.75) is 27.7 Å². The van der Waals surface area contributed by atoms with E-state index in [-0.39, 0.29) is 11.8 Å². The van der Waals surface area contributed by atoms with Gasteiger partial charge in [-0.3, -0.25) is 9.59 Å². The molecule has 0 atom stereocenters. The lowest BCUT2D eigenvalue weighted by molar-refractivity contribution is -0.126. The average Bonchev–Trinajstić information content (AvgIpc) is 2.62. The molecular formula is C21H23ClN2O3. The molecule has 0 aliphatic carbocycles. The van der Waals surface area contributed by atoms with E-state index in [0.29, 0.717) is 40.9 Å². The first-order valence-electron chi connectivity index (χ1n) is 8.83. The van der Waals surface area contributed by atoms with Crippen molar-refractivity contribution in [3.05, 3.63) is 52.5 Å². The lowest BCUT2D eigenvalue weighted by Crippen LogP contribution is -2.44. The molecule has 0 fully saturated rings. The number of anilines is 2. The summed E-state index contributed by atoms with van der Waals surface area (Å²) >= 11 is 6.11. The fourth-order valence-corrected chi connectivity index (χ4v) is 3.03. The predicted molar refractivity (Wildman–Crippen MR) is 108 cm³/mol. The molecular weight excluding hydrogens is 364 g/mol. The standard InChI is InChI=1S/C21H23ClN2O3/c1-13-5-6-14(11-16(13)22)19(25)23-15-7-8-18-17(12-15)24(9-10-27-18)20(26)21(2,3)4/h5-8,11-12H,9-10H2,1-4H3,(H,23,25). The van der Waals surface area contributed by atoms with Crippen molar-refractivity contribution in [2.24, 2.45) is 5.41 Å². The molecule has 0 saturated heterocycles. The Morgan fingerprint density at radius 1 is 1.15 bits per heavy atom. The summed E-state index contributed by atoms with van der Waals surface area (Å²) in [5.41, 5.74) is 2.14. The van der Waals surface area contributed by atoms with Crippen molar-refractivity contribution in [2.75, 3.05) is 23.4 Å². The number of hydrogen-bond donors (Lipinski definition) is 1. The quantitative estimate of drug-likeness (QED) is 0.815. The summed E-state index contributed by atoms with van der Waals surface area (Å²) in [6.45, 7) is 8.47. The van der Waals surface area contributed by atoms with Gasteiger partial charge in [-0.15, -0.1) is 0 Å². The van der Waals surface area contributed by atoms with Crippen LogP contribution in [-0.4, -0.2) is 25.0 Å². The van der Waals surface area contributed by atoms with E-state index in [1.54, 1.807) is 35.2 Å². The summed E-state index contributed by atoms with van der Waals surface area (Å²) in [5, 5.41) is 3.41. The zero-order chi connectivity index (χ0) is 19.8. The highest BCUT2D eigenvalue weighted by Gasteiger charge is 2.32. The first-order valence-corrected chi connectivity index (χ1v) is 9.21. The minimum Gasteiger partial charge on any atom is -0.490 e. The summed E-state index contributed by atoms with van der Waals surface area (Å²) in [6.07, 6.45) is 0. The molecule has 1 N–H and O–H groups in total. The van der Waals surface area contributed by atoms with Gasteiger partial charge in [0.25, 0.3) is 5.91 Å². The molecule has 0 bridgehead atoms. The molecule has 2 aromatic carbocycles. The molecule has 3 rings (SSSR count). The van der Waals surface area contributed by atoms with Crippen molar-refractivity contribution in [3.8, 4) is 5.75 Å². The van der Waals surface area contributed by atoms with E-state index in [1.165, 1.54) is 0 Å². The largest absolute Gasteiger partial charge is 0.490 e. The van der Waals surface area contributed by atoms with E-state index in [1.807, 2.05) is 33.8 Å². The maximum absolute atomic E-state index is 12.8. The Kier molecular flexibility index (Phi) is 5.16. The molecule has 27 heavy (non-hydrogen) atoms. The number of carbonyl (C=O) groups excluding carboxylic acids is 2. The molecule has 0 radical (unpaired) electrons. The lowest BCUT2D eigenvalue weighted by atomic mass is 9.94. The lowest BCUT2D eigenvalue weighted by Gasteiger charge is -2.34. The zero-order valence-corrected chi connectivity index (χ0v) is 16.7. The molecule has 1 heterocycles. The first-order chi connectivity index (χ1) is 12.7. The van der Waals surface area contributed by atoms with Crippen molar-refractivity contribution >= 4 is 34.8 Å². The third-order valence-electron chi connectivity index (χ3n) is 4.40. The highest BCUT2D eigenvalue weighted by Crippen LogP contribution is 2.36. The second kappa shape index (κ2) is 7.24. The van der Waals surface area contributed by atoms with E-state index >= 15 is 0 Å². The van der Waals surface area contributed by atoms with Crippen molar-refractivity contribution in [1.29, 1.82) is 0 Å². The van der Waals surface area contributed by atoms with E-state index in [2.05, 4.69) is 5.32 Å². The Morgan fingerprint density at radius 2 is 1.89 bits per heavy atom. The number of halogens is 1. The second-order valence-corrected chi connectivity index (χ2v) is 8.06. The van der Waals surface area contributed by atoms with Crippen LogP contribution in [0.4, 0.5) is 11.4 Å². The van der Waals surface area contributed by atoms with Crippen LogP contribution in [-0.2, 0) is 4.79 Å². The number of ether oxygens (including phenoxy) is 1. The van der Waals surface area contributed by atoms with E-state index < -0.39 is 5.41 Å². The van der Waals surface area contributed by atoms with Crippen LogP contribution in [0.2, 0.25) is 5.02 Å². The number of nitrogens with one attached hydrogen (secondary N) is 1. The number of hydrogen-bond acceptors (Lipinski definition) is 3. The van der Waals surface area contributed by atoms with Crippen LogP contribution in [0.3, 0.4) is 0 Å². The Hall–Kier alpha value is -2.53. The van der Waals surface area contributed by atoms with E-state index in [0.717, 1.165) is 5.56 Å². The average molecular weight is 387 g/mol. The maximum atomic E-state index is 12.8. The molecule has 142 valence electrons. The highest BCUT2D eigenvalue weighted by molar-refractivity contribution is 6.31. The van der Waals surface area contributed by atoms with Crippen LogP contribution in [0.5, 0.6) is 5.75 Å². The summed E-state index contributed by atoms with van der Waals surface area (Å²) in [5.74, 6) is 0.387. The van der Waals surface area contributed by atoms with Crippen LogP contribution in [0, 0.1) is 12.3 Å². The van der Waals surface area contributed by atoms with Gasteiger partial charge in [0.1, 0.15) is 12.4 Å². The summed E-state index contributed by atoms with van der Waals surface area (Å²) < 4.78 is 5.67. The van der Waals surface area contributed by atoms with Gasteiger partial charge in [0.2, 0.25) is 5.91 Å². The summed E-state index contributed by atoms with van der Waals surface area (Å²) in [4.78, 5) is 27.0. The van der Waals surface area contributed by atoms with Gasteiger partial charge in [0.15, 0.2) is 0 Å². The molecule has 6 heteroatoms. The number of rotatable bonds is 2. The Morgan fingerprint density at radius 3 is 2.56 bits per heavy atom. The monoisotopic (exact) mass is 386 g/mol. The highest BCUT2D eigenvalue weighted by atomic mass is 35.5. The molecule has 0 unspecified atom stereocenters. The molecule has 0 spiro atoms. The Labute approximate surface area is 164 Å². The summed E-state index contributed by atoms with van der Waals surface area (Å²) in [6, 6.07) is 10.5. The number of amides is 2. The fourth-order valence-electron chi connectivity index (χ4n) is 2.85. The number of fused-ring (bicyclic) bond motifs is 1. The van der Waals surface area contributed by atoms with Gasteiger partial charge in [0.05, 0.1) is 12.2 Å². The Bertz CT molecular complexity index is 903. The van der Waals surface area contributed by atoms with Crippen LogP contribution in [0.15, 0.2) is 36.4 Å². The van der Waals surface area contributed by atoms with Crippen LogP contribution >= 0.6 is 11.6 Å². The number of nitrogens with zero attached hydrogens (tertiary/aromatic N) is 1. The number of benzene rings is 2. The van der Waals surface area contributed by atoms with Gasteiger partial charge in [-0.25, -0.2) is 0 Å². The van der Waals surface area contributed by atoms with Gasteiger partial charge >= 0.3 is 0 Å². The SMILES string of the molecule is Cc1ccc(C(=O)Nc2ccc3c(c2)N(C(=O)C(C)(C)C)CCO3)cc1Cl. The first kappa shape index (κ1) is 19.2. The smallest absolute Gasteiger partial charge is 0.255 e. The molecule has 0 aromatic heterocycles. The molecule has 2 aromatic rings. The third kappa shape index (κ3) is 4.08. The molecule has 0 saturated carbocycles. The zero-order valence-electron chi connectivity index (χ0n) is 15.9. The Balaban J connectivity index is 1.87. The molecule has 1 aliphatic rings. The molecule has 5 nitrogen and oxygen atoms in total. The molecule has 1 aliphatic heterocycles. The van der Waals surface area contributed by atoms with Gasteiger partial charge in [-0.2, -0.15) is 0 Å². The van der Waals surface area contributed by atoms with Crippen LogP contribution < -0.4 is 15.0 Å². The van der Waals surface area contributed by atoms with E-state index in [4.69, 9.17) is 16.3 Å². The number of aryl methyl sites for hydroxylation is 1. The van der Waals surface area contributed by atoms with Gasteiger partial charge in [-0.1, -0.05) is 38.4 Å². The van der Waals surface area contributed by atoms with Crippen LogP contribution in [0.1, 0.15) is 36.7 Å². The number of carbonyl (C=O) groups is 2.